The molecule has 172 valence electrons. The zero-order valence-electron chi connectivity index (χ0n) is 18.7. The predicted octanol–water partition coefficient (Wildman–Crippen LogP) is 4.01. The SMILES string of the molecule is Cc1cc(C)cc(NC(=O)[C@H](OC(=O)C[C@@H]2SC(N3CCCC3)=NC2=O)c2ccccc2)c1. The molecular formula is C25H27N3O4S. The summed E-state index contributed by atoms with van der Waals surface area (Å²) in [5.74, 6) is -1.38. The van der Waals surface area contributed by atoms with E-state index in [-0.39, 0.29) is 12.3 Å². The van der Waals surface area contributed by atoms with Crippen molar-refractivity contribution in [3.63, 3.8) is 0 Å². The monoisotopic (exact) mass is 465 g/mol. The van der Waals surface area contributed by atoms with Gasteiger partial charge in [-0.25, -0.2) is 0 Å². The zero-order chi connectivity index (χ0) is 23.4. The smallest absolute Gasteiger partial charge is 0.308 e. The molecule has 7 nitrogen and oxygen atoms in total. The lowest BCUT2D eigenvalue weighted by Gasteiger charge is -2.19. The summed E-state index contributed by atoms with van der Waals surface area (Å²) in [6, 6.07) is 14.6. The Morgan fingerprint density at radius 3 is 2.45 bits per heavy atom. The second-order valence-electron chi connectivity index (χ2n) is 8.38. The standard InChI is InChI=1S/C25H27N3O4S/c1-16-12-17(2)14-19(13-16)26-24(31)22(18-8-4-3-5-9-18)32-21(29)15-20-23(30)27-25(33-20)28-10-6-7-11-28/h3-5,8-9,12-14,20,22H,6-7,10-11,15H2,1-2H3,(H,26,31)/t20-,22+/m0/s1. The first-order valence-corrected chi connectivity index (χ1v) is 11.9. The van der Waals surface area contributed by atoms with Gasteiger partial charge in [-0.2, -0.15) is 4.99 Å². The van der Waals surface area contributed by atoms with Gasteiger partial charge < -0.3 is 15.0 Å². The first-order valence-electron chi connectivity index (χ1n) is 11.1. The third kappa shape index (κ3) is 5.82. The van der Waals surface area contributed by atoms with Gasteiger partial charge in [0.2, 0.25) is 6.10 Å². The summed E-state index contributed by atoms with van der Waals surface area (Å²) < 4.78 is 5.62. The predicted molar refractivity (Wildman–Crippen MR) is 129 cm³/mol. The molecule has 2 aliphatic heterocycles. The number of ether oxygens (including phenoxy) is 1. The number of likely N-dealkylation sites (tertiary alicyclic amines) is 1. The van der Waals surface area contributed by atoms with Crippen molar-refractivity contribution in [2.24, 2.45) is 4.99 Å². The second kappa shape index (κ2) is 10.2. The lowest BCUT2D eigenvalue weighted by atomic mass is 10.1. The second-order valence-corrected chi connectivity index (χ2v) is 9.55. The largest absolute Gasteiger partial charge is 0.447 e. The van der Waals surface area contributed by atoms with E-state index in [0.717, 1.165) is 37.1 Å². The van der Waals surface area contributed by atoms with Gasteiger partial charge in [0.05, 0.1) is 6.42 Å². The number of nitrogens with one attached hydrogen (secondary N) is 1. The van der Waals surface area contributed by atoms with E-state index in [9.17, 15) is 14.4 Å². The molecule has 0 saturated carbocycles. The van der Waals surface area contributed by atoms with E-state index >= 15 is 0 Å². The van der Waals surface area contributed by atoms with E-state index < -0.39 is 23.2 Å². The number of thioether (sulfide) groups is 1. The topological polar surface area (TPSA) is 88.1 Å². The van der Waals surface area contributed by atoms with Crippen molar-refractivity contribution in [3.8, 4) is 0 Å². The lowest BCUT2D eigenvalue weighted by Crippen LogP contribution is -2.28. The molecule has 2 heterocycles. The number of carbonyl (C=O) groups excluding carboxylic acids is 3. The maximum Gasteiger partial charge on any atom is 0.308 e. The molecule has 0 radical (unpaired) electrons. The number of amides is 2. The van der Waals surface area contributed by atoms with Gasteiger partial charge in [-0.05, 0) is 49.9 Å². The van der Waals surface area contributed by atoms with Crippen LogP contribution in [0, 0.1) is 13.8 Å². The Morgan fingerprint density at radius 2 is 1.79 bits per heavy atom. The number of benzene rings is 2. The Labute approximate surface area is 197 Å². The molecule has 2 aliphatic rings. The summed E-state index contributed by atoms with van der Waals surface area (Å²) in [6.45, 7) is 5.66. The van der Waals surface area contributed by atoms with Gasteiger partial charge in [0.25, 0.3) is 11.8 Å². The van der Waals surface area contributed by atoms with Crippen LogP contribution in [0.1, 0.15) is 42.1 Å². The van der Waals surface area contributed by atoms with E-state index in [4.69, 9.17) is 4.74 Å². The molecule has 0 aromatic heterocycles. The number of aryl methyl sites for hydroxylation is 2. The summed E-state index contributed by atoms with van der Waals surface area (Å²) in [4.78, 5) is 44.5. The first-order chi connectivity index (χ1) is 15.9. The first kappa shape index (κ1) is 23.0. The van der Waals surface area contributed by atoms with Crippen molar-refractivity contribution in [3.05, 3.63) is 65.2 Å². The van der Waals surface area contributed by atoms with Gasteiger partial charge in [-0.1, -0.05) is 48.2 Å². The number of carbonyl (C=O) groups is 3. The molecule has 1 fully saturated rings. The van der Waals surface area contributed by atoms with Crippen molar-refractivity contribution < 1.29 is 19.1 Å². The van der Waals surface area contributed by atoms with Crippen molar-refractivity contribution in [1.29, 1.82) is 0 Å². The molecule has 1 saturated heterocycles. The highest BCUT2D eigenvalue weighted by Gasteiger charge is 2.35. The molecule has 0 aliphatic carbocycles. The third-order valence-corrected chi connectivity index (χ3v) is 6.75. The number of hydrogen-bond acceptors (Lipinski definition) is 6. The fraction of sp³-hybridized carbons (Fsp3) is 0.360. The summed E-state index contributed by atoms with van der Waals surface area (Å²) >= 11 is 1.31. The van der Waals surface area contributed by atoms with Crippen LogP contribution < -0.4 is 5.32 Å². The number of aliphatic imine (C=N–C) groups is 1. The number of amidine groups is 1. The highest BCUT2D eigenvalue weighted by Crippen LogP contribution is 2.30. The quantitative estimate of drug-likeness (QED) is 0.649. The van der Waals surface area contributed by atoms with E-state index in [1.165, 1.54) is 11.8 Å². The van der Waals surface area contributed by atoms with Crippen molar-refractivity contribution >= 4 is 40.4 Å². The van der Waals surface area contributed by atoms with Gasteiger partial charge in [0, 0.05) is 24.3 Å². The van der Waals surface area contributed by atoms with Gasteiger partial charge in [-0.15, -0.1) is 0 Å². The molecule has 4 rings (SSSR count). The minimum absolute atomic E-state index is 0.134. The van der Waals surface area contributed by atoms with Crippen LogP contribution in [0.25, 0.3) is 0 Å². The molecule has 0 unspecified atom stereocenters. The summed E-state index contributed by atoms with van der Waals surface area (Å²) in [5, 5.41) is 2.92. The summed E-state index contributed by atoms with van der Waals surface area (Å²) in [5.41, 5.74) is 3.24. The number of anilines is 1. The lowest BCUT2D eigenvalue weighted by molar-refractivity contribution is -0.155. The highest BCUT2D eigenvalue weighted by atomic mass is 32.2. The Hall–Kier alpha value is -3.13. The molecule has 2 aromatic carbocycles. The van der Waals surface area contributed by atoms with Crippen molar-refractivity contribution in [2.75, 3.05) is 18.4 Å². The van der Waals surface area contributed by atoms with E-state index in [2.05, 4.69) is 15.2 Å². The fourth-order valence-corrected chi connectivity index (χ4v) is 5.14. The Bertz CT molecular complexity index is 1060. The average molecular weight is 466 g/mol. The van der Waals surface area contributed by atoms with E-state index in [1.54, 1.807) is 24.3 Å². The normalized spacial score (nSPS) is 18.7. The van der Waals surface area contributed by atoms with Gasteiger partial charge in [-0.3, -0.25) is 14.4 Å². The molecule has 8 heteroatoms. The van der Waals surface area contributed by atoms with Crippen LogP contribution >= 0.6 is 11.8 Å². The Balaban J connectivity index is 1.44. The van der Waals surface area contributed by atoms with Crippen LogP contribution in [0.3, 0.4) is 0 Å². The fourth-order valence-electron chi connectivity index (χ4n) is 4.04. The molecule has 2 aromatic rings. The number of esters is 1. The summed E-state index contributed by atoms with van der Waals surface area (Å²) in [6.07, 6.45) is 0.897. The third-order valence-electron chi connectivity index (χ3n) is 5.54. The maximum absolute atomic E-state index is 13.1. The zero-order valence-corrected chi connectivity index (χ0v) is 19.6. The molecule has 1 N–H and O–H groups in total. The van der Waals surface area contributed by atoms with E-state index in [0.29, 0.717) is 16.4 Å². The van der Waals surface area contributed by atoms with Gasteiger partial charge in [0.1, 0.15) is 5.25 Å². The van der Waals surface area contributed by atoms with Crippen LogP contribution in [-0.2, 0) is 19.1 Å². The maximum atomic E-state index is 13.1. The van der Waals surface area contributed by atoms with Crippen LogP contribution in [0.4, 0.5) is 5.69 Å². The molecular weight excluding hydrogens is 438 g/mol. The highest BCUT2D eigenvalue weighted by molar-refractivity contribution is 8.15. The Morgan fingerprint density at radius 1 is 1.12 bits per heavy atom. The van der Waals surface area contributed by atoms with Crippen molar-refractivity contribution in [2.45, 2.75) is 44.5 Å². The van der Waals surface area contributed by atoms with Gasteiger partial charge in [0.15, 0.2) is 5.17 Å². The Kier molecular flexibility index (Phi) is 7.13. The number of nitrogens with zero attached hydrogens (tertiary/aromatic N) is 2. The van der Waals surface area contributed by atoms with Crippen LogP contribution in [0.5, 0.6) is 0 Å². The van der Waals surface area contributed by atoms with Crippen LogP contribution in [0.15, 0.2) is 53.5 Å². The molecule has 0 spiro atoms. The summed E-state index contributed by atoms with van der Waals surface area (Å²) in [7, 11) is 0. The van der Waals surface area contributed by atoms with Crippen LogP contribution in [0.2, 0.25) is 0 Å². The molecule has 0 bridgehead atoms. The number of hydrogen-bond donors (Lipinski definition) is 1. The molecule has 33 heavy (non-hydrogen) atoms. The van der Waals surface area contributed by atoms with Crippen LogP contribution in [-0.4, -0.2) is 46.2 Å². The van der Waals surface area contributed by atoms with E-state index in [1.807, 2.05) is 38.1 Å². The molecule has 2 amide bonds. The minimum atomic E-state index is -1.13. The van der Waals surface area contributed by atoms with Gasteiger partial charge >= 0.3 is 5.97 Å². The minimum Gasteiger partial charge on any atom is -0.447 e. The molecule has 2 atom stereocenters. The number of rotatable bonds is 6. The van der Waals surface area contributed by atoms with Crippen molar-refractivity contribution in [1.82, 2.24) is 4.90 Å². The average Bonchev–Trinajstić information content (AvgIpc) is 3.42.